The Morgan fingerprint density at radius 3 is 2.12 bits per heavy atom. The zero-order chi connectivity index (χ0) is 30.9. The molecule has 2 amide bonds. The summed E-state index contributed by atoms with van der Waals surface area (Å²) in [5, 5.41) is 2.89. The van der Waals surface area contributed by atoms with Crippen molar-refractivity contribution in [2.75, 3.05) is 32.2 Å². The average molecular weight is 598 g/mol. The Balaban J connectivity index is 2.11. The van der Waals surface area contributed by atoms with Gasteiger partial charge in [-0.05, 0) is 74.4 Å². The SMILES string of the molecule is CCC(C(=O)NC(C)C)N(Cc1cccc(OC)c1)C(=O)CN(c1ccccc1OC)S(=O)(=O)c1ccc(OC)cc1. The maximum atomic E-state index is 14.2. The van der Waals surface area contributed by atoms with Crippen LogP contribution in [0.25, 0.3) is 0 Å². The van der Waals surface area contributed by atoms with Crippen molar-refractivity contribution >= 4 is 27.5 Å². The van der Waals surface area contributed by atoms with Crippen LogP contribution in [0.2, 0.25) is 0 Å². The van der Waals surface area contributed by atoms with E-state index < -0.39 is 28.5 Å². The van der Waals surface area contributed by atoms with Crippen LogP contribution in [0.4, 0.5) is 5.69 Å². The molecular formula is C31H39N3O7S. The first-order valence-electron chi connectivity index (χ1n) is 13.6. The van der Waals surface area contributed by atoms with Gasteiger partial charge < -0.3 is 24.4 Å². The second-order valence-electron chi connectivity index (χ2n) is 9.82. The summed E-state index contributed by atoms with van der Waals surface area (Å²) >= 11 is 0. The Morgan fingerprint density at radius 2 is 1.52 bits per heavy atom. The van der Waals surface area contributed by atoms with Crippen molar-refractivity contribution in [3.05, 3.63) is 78.4 Å². The first kappa shape index (κ1) is 32.3. The van der Waals surface area contributed by atoms with E-state index >= 15 is 0 Å². The average Bonchev–Trinajstić information content (AvgIpc) is 2.99. The molecule has 226 valence electrons. The van der Waals surface area contributed by atoms with E-state index in [1.807, 2.05) is 26.8 Å². The van der Waals surface area contributed by atoms with E-state index in [1.54, 1.807) is 49.6 Å². The number of sulfonamides is 1. The topological polar surface area (TPSA) is 114 Å². The van der Waals surface area contributed by atoms with Crippen LogP contribution in [0, 0.1) is 0 Å². The Labute approximate surface area is 248 Å². The molecular weight excluding hydrogens is 558 g/mol. The number of nitrogens with zero attached hydrogens (tertiary/aromatic N) is 2. The van der Waals surface area contributed by atoms with Crippen molar-refractivity contribution in [3.8, 4) is 17.2 Å². The number of anilines is 1. The summed E-state index contributed by atoms with van der Waals surface area (Å²) < 4.78 is 45.2. The minimum absolute atomic E-state index is 0.0362. The van der Waals surface area contributed by atoms with E-state index in [9.17, 15) is 18.0 Å². The summed E-state index contributed by atoms with van der Waals surface area (Å²) in [5.41, 5.74) is 0.908. The fourth-order valence-corrected chi connectivity index (χ4v) is 5.92. The van der Waals surface area contributed by atoms with E-state index in [2.05, 4.69) is 5.32 Å². The molecule has 0 fully saturated rings. The van der Waals surface area contributed by atoms with E-state index in [1.165, 1.54) is 43.4 Å². The van der Waals surface area contributed by atoms with Gasteiger partial charge in [0.25, 0.3) is 10.0 Å². The first-order valence-corrected chi connectivity index (χ1v) is 15.0. The predicted molar refractivity (Wildman–Crippen MR) is 161 cm³/mol. The third-order valence-corrected chi connectivity index (χ3v) is 8.36. The van der Waals surface area contributed by atoms with E-state index in [0.29, 0.717) is 17.9 Å². The highest BCUT2D eigenvalue weighted by molar-refractivity contribution is 7.92. The van der Waals surface area contributed by atoms with Gasteiger partial charge >= 0.3 is 0 Å². The number of nitrogens with one attached hydrogen (secondary N) is 1. The third kappa shape index (κ3) is 7.73. The van der Waals surface area contributed by atoms with Gasteiger partial charge in [-0.2, -0.15) is 0 Å². The number of carbonyl (C=O) groups excluding carboxylic acids is 2. The third-order valence-electron chi connectivity index (χ3n) is 6.58. The van der Waals surface area contributed by atoms with Gasteiger partial charge in [-0.1, -0.05) is 31.2 Å². The number of methoxy groups -OCH3 is 3. The molecule has 10 nitrogen and oxygen atoms in total. The highest BCUT2D eigenvalue weighted by Crippen LogP contribution is 2.33. The van der Waals surface area contributed by atoms with Gasteiger partial charge in [-0.15, -0.1) is 0 Å². The molecule has 0 spiro atoms. The maximum absolute atomic E-state index is 14.2. The fourth-order valence-electron chi connectivity index (χ4n) is 4.49. The normalized spacial score (nSPS) is 11.9. The summed E-state index contributed by atoms with van der Waals surface area (Å²) in [6, 6.07) is 18.6. The van der Waals surface area contributed by atoms with E-state index in [4.69, 9.17) is 14.2 Å². The van der Waals surface area contributed by atoms with E-state index in [-0.39, 0.29) is 34.8 Å². The van der Waals surface area contributed by atoms with Gasteiger partial charge in [-0.25, -0.2) is 8.42 Å². The van der Waals surface area contributed by atoms with Crippen LogP contribution >= 0.6 is 0 Å². The standard InChI is InChI=1S/C31H39N3O7S/c1-7-27(31(36)32-22(2)3)33(20-23-11-10-12-25(19-23)40-5)30(35)21-34(28-13-8-9-14-29(28)41-6)42(37,38)26-17-15-24(39-4)16-18-26/h8-19,22,27H,7,20-21H2,1-6H3,(H,32,36). The smallest absolute Gasteiger partial charge is 0.264 e. The Morgan fingerprint density at radius 1 is 0.857 bits per heavy atom. The summed E-state index contributed by atoms with van der Waals surface area (Å²) in [6.07, 6.45) is 0.314. The number of ether oxygens (including phenoxy) is 3. The van der Waals surface area contributed by atoms with Gasteiger partial charge in [0.15, 0.2) is 0 Å². The lowest BCUT2D eigenvalue weighted by Crippen LogP contribution is -2.53. The highest BCUT2D eigenvalue weighted by atomic mass is 32.2. The molecule has 0 aromatic heterocycles. The molecule has 1 unspecified atom stereocenters. The van der Waals surface area contributed by atoms with Gasteiger partial charge in [0.1, 0.15) is 29.8 Å². The van der Waals surface area contributed by atoms with Crippen molar-refractivity contribution in [2.24, 2.45) is 0 Å². The number of amides is 2. The first-order chi connectivity index (χ1) is 20.0. The monoisotopic (exact) mass is 597 g/mol. The molecule has 1 atom stereocenters. The van der Waals surface area contributed by atoms with Crippen LogP contribution in [-0.4, -0.2) is 65.1 Å². The molecule has 11 heteroatoms. The quantitative estimate of drug-likeness (QED) is 0.296. The van der Waals surface area contributed by atoms with Crippen molar-refractivity contribution in [1.82, 2.24) is 10.2 Å². The van der Waals surface area contributed by atoms with Crippen LogP contribution < -0.4 is 23.8 Å². The molecule has 0 radical (unpaired) electrons. The number of hydrogen-bond acceptors (Lipinski definition) is 7. The fraction of sp³-hybridized carbons (Fsp3) is 0.355. The molecule has 42 heavy (non-hydrogen) atoms. The number of hydrogen-bond donors (Lipinski definition) is 1. The second kappa shape index (κ2) is 14.6. The largest absolute Gasteiger partial charge is 0.497 e. The minimum Gasteiger partial charge on any atom is -0.497 e. The van der Waals surface area contributed by atoms with Crippen molar-refractivity contribution < 1.29 is 32.2 Å². The maximum Gasteiger partial charge on any atom is 0.264 e. The zero-order valence-electron chi connectivity index (χ0n) is 24.9. The predicted octanol–water partition coefficient (Wildman–Crippen LogP) is 4.24. The van der Waals surface area contributed by atoms with Crippen LogP contribution in [0.15, 0.2) is 77.7 Å². The summed E-state index contributed by atoms with van der Waals surface area (Å²) in [5.74, 6) is 0.459. The lowest BCUT2D eigenvalue weighted by atomic mass is 10.1. The molecule has 0 saturated heterocycles. The second-order valence-corrected chi connectivity index (χ2v) is 11.7. The molecule has 3 aromatic rings. The Bertz CT molecular complexity index is 1460. The van der Waals surface area contributed by atoms with Crippen molar-refractivity contribution in [3.63, 3.8) is 0 Å². The molecule has 0 aliphatic heterocycles. The van der Waals surface area contributed by atoms with Crippen molar-refractivity contribution in [2.45, 2.75) is 50.7 Å². The van der Waals surface area contributed by atoms with Gasteiger partial charge in [0, 0.05) is 12.6 Å². The molecule has 3 aromatic carbocycles. The van der Waals surface area contributed by atoms with E-state index in [0.717, 1.165) is 9.87 Å². The number of para-hydroxylation sites is 2. The Kier molecular flexibility index (Phi) is 11.2. The van der Waals surface area contributed by atoms with Gasteiger partial charge in [0.2, 0.25) is 11.8 Å². The van der Waals surface area contributed by atoms with Crippen LogP contribution in [0.5, 0.6) is 17.2 Å². The lowest BCUT2D eigenvalue weighted by Gasteiger charge is -2.34. The molecule has 0 bridgehead atoms. The molecule has 3 rings (SSSR count). The minimum atomic E-state index is -4.27. The molecule has 0 heterocycles. The number of benzene rings is 3. The number of rotatable bonds is 14. The molecule has 0 aliphatic carbocycles. The summed E-state index contributed by atoms with van der Waals surface area (Å²) in [7, 11) is 0.192. The van der Waals surface area contributed by atoms with Crippen LogP contribution in [0.1, 0.15) is 32.8 Å². The molecule has 1 N–H and O–H groups in total. The summed E-state index contributed by atoms with van der Waals surface area (Å²) in [4.78, 5) is 28.9. The summed E-state index contributed by atoms with van der Waals surface area (Å²) in [6.45, 7) is 4.96. The van der Waals surface area contributed by atoms with Crippen molar-refractivity contribution in [1.29, 1.82) is 0 Å². The number of carbonyl (C=O) groups is 2. The Hall–Kier alpha value is -4.25. The van der Waals surface area contributed by atoms with Gasteiger partial charge in [-0.3, -0.25) is 13.9 Å². The zero-order valence-corrected chi connectivity index (χ0v) is 25.7. The van der Waals surface area contributed by atoms with Crippen LogP contribution in [-0.2, 0) is 26.2 Å². The molecule has 0 saturated carbocycles. The molecule has 0 aliphatic rings. The lowest BCUT2D eigenvalue weighted by molar-refractivity contribution is -0.140. The van der Waals surface area contributed by atoms with Gasteiger partial charge in [0.05, 0.1) is 31.9 Å². The van der Waals surface area contributed by atoms with Crippen LogP contribution in [0.3, 0.4) is 0 Å². The highest BCUT2D eigenvalue weighted by Gasteiger charge is 2.35.